The molecule has 2 aliphatic heterocycles. The van der Waals surface area contributed by atoms with E-state index >= 15 is 0 Å². The first-order chi connectivity index (χ1) is 13.2. The molecule has 0 aliphatic carbocycles. The first-order valence-electron chi connectivity index (χ1n) is 9.62. The van der Waals surface area contributed by atoms with Gasteiger partial charge in [0.05, 0.1) is 0 Å². The summed E-state index contributed by atoms with van der Waals surface area (Å²) in [6.07, 6.45) is 1.90. The van der Waals surface area contributed by atoms with E-state index in [4.69, 9.17) is 0 Å². The summed E-state index contributed by atoms with van der Waals surface area (Å²) in [5.74, 6) is -0.101. The summed E-state index contributed by atoms with van der Waals surface area (Å²) in [6, 6.07) is 18.3. The van der Waals surface area contributed by atoms with Gasteiger partial charge in [-0.25, -0.2) is 0 Å². The summed E-state index contributed by atoms with van der Waals surface area (Å²) in [6.45, 7) is 3.58. The third-order valence-electron chi connectivity index (χ3n) is 5.43. The molecule has 4 rings (SSSR count). The molecule has 5 nitrogen and oxygen atoms in total. The molecule has 2 heterocycles. The summed E-state index contributed by atoms with van der Waals surface area (Å²) >= 11 is 0. The van der Waals surface area contributed by atoms with Crippen molar-refractivity contribution in [3.05, 3.63) is 71.3 Å². The first-order valence-corrected chi connectivity index (χ1v) is 9.62. The van der Waals surface area contributed by atoms with Crippen molar-refractivity contribution >= 4 is 11.8 Å². The van der Waals surface area contributed by atoms with Crippen LogP contribution < -0.4 is 5.32 Å². The normalized spacial score (nSPS) is 17.8. The fraction of sp³-hybridized carbons (Fsp3) is 0.364. The number of nitrogens with zero attached hydrogens (tertiary/aromatic N) is 2. The van der Waals surface area contributed by atoms with Gasteiger partial charge in [0.15, 0.2) is 0 Å². The Morgan fingerprint density at radius 1 is 1.00 bits per heavy atom. The second-order valence-corrected chi connectivity index (χ2v) is 7.42. The molecular formula is C22H25N3O2. The largest absolute Gasteiger partial charge is 0.352 e. The summed E-state index contributed by atoms with van der Waals surface area (Å²) in [5, 5.41) is 3.12. The monoisotopic (exact) mass is 363 g/mol. The summed E-state index contributed by atoms with van der Waals surface area (Å²) in [5.41, 5.74) is 3.05. The average molecular weight is 363 g/mol. The maximum Gasteiger partial charge on any atom is 0.254 e. The van der Waals surface area contributed by atoms with Crippen LogP contribution in [-0.2, 0) is 17.9 Å². The number of hydrogen-bond donors (Lipinski definition) is 1. The minimum atomic E-state index is -0.0577. The van der Waals surface area contributed by atoms with Gasteiger partial charge >= 0.3 is 0 Å². The second-order valence-electron chi connectivity index (χ2n) is 7.42. The van der Waals surface area contributed by atoms with Gasteiger partial charge in [-0.3, -0.25) is 14.5 Å². The number of nitrogens with one attached hydrogen (secondary N) is 1. The van der Waals surface area contributed by atoms with E-state index in [1.807, 2.05) is 30.3 Å². The number of rotatable bonds is 5. The van der Waals surface area contributed by atoms with Crippen LogP contribution in [0.15, 0.2) is 54.6 Å². The maximum absolute atomic E-state index is 12.4. The van der Waals surface area contributed by atoms with Crippen LogP contribution in [0, 0.1) is 0 Å². The Hall–Kier alpha value is -2.66. The Bertz CT molecular complexity index is 813. The molecule has 0 saturated carbocycles. The van der Waals surface area contributed by atoms with E-state index < -0.39 is 0 Å². The number of amides is 2. The van der Waals surface area contributed by atoms with Gasteiger partial charge in [0.25, 0.3) is 5.91 Å². The summed E-state index contributed by atoms with van der Waals surface area (Å²) < 4.78 is 0. The topological polar surface area (TPSA) is 52.7 Å². The van der Waals surface area contributed by atoms with Crippen LogP contribution in [0.3, 0.4) is 0 Å². The molecule has 2 aliphatic rings. The molecule has 2 amide bonds. The Balaban J connectivity index is 1.23. The standard InChI is InChI=1S/C22H25N3O2/c26-21(16-25-15-18-8-4-5-9-20(18)22(25)27)23-19-10-12-24(13-11-19)14-17-6-2-1-3-7-17/h1-9,19H,10-16H2,(H,23,26). The molecule has 2 aromatic rings. The Morgan fingerprint density at radius 2 is 1.70 bits per heavy atom. The highest BCUT2D eigenvalue weighted by Gasteiger charge is 2.29. The molecule has 2 aromatic carbocycles. The second kappa shape index (κ2) is 7.92. The zero-order chi connectivity index (χ0) is 18.6. The number of carbonyl (C=O) groups excluding carboxylic acids is 2. The lowest BCUT2D eigenvalue weighted by Gasteiger charge is -2.32. The van der Waals surface area contributed by atoms with Crippen LogP contribution >= 0.6 is 0 Å². The molecule has 1 saturated heterocycles. The van der Waals surface area contributed by atoms with Gasteiger partial charge in [0, 0.05) is 37.8 Å². The van der Waals surface area contributed by atoms with E-state index in [1.165, 1.54) is 5.56 Å². The molecule has 27 heavy (non-hydrogen) atoms. The Morgan fingerprint density at radius 3 is 2.44 bits per heavy atom. The molecule has 0 spiro atoms. The molecule has 0 atom stereocenters. The minimum absolute atomic E-state index is 0.0431. The first kappa shape index (κ1) is 17.7. The number of likely N-dealkylation sites (tertiary alicyclic amines) is 1. The maximum atomic E-state index is 12.4. The lowest BCUT2D eigenvalue weighted by molar-refractivity contribution is -0.122. The average Bonchev–Trinajstić information content (AvgIpc) is 3.00. The van der Waals surface area contributed by atoms with Crippen molar-refractivity contribution in [3.63, 3.8) is 0 Å². The van der Waals surface area contributed by atoms with Gasteiger partial charge in [-0.2, -0.15) is 0 Å². The Labute approximate surface area is 160 Å². The van der Waals surface area contributed by atoms with Crippen LogP contribution in [-0.4, -0.2) is 47.3 Å². The lowest BCUT2D eigenvalue weighted by atomic mass is 10.0. The van der Waals surface area contributed by atoms with Crippen LogP contribution in [0.25, 0.3) is 0 Å². The molecule has 140 valence electrons. The van der Waals surface area contributed by atoms with Crippen molar-refractivity contribution in [2.75, 3.05) is 19.6 Å². The van der Waals surface area contributed by atoms with Gasteiger partial charge in [-0.15, -0.1) is 0 Å². The SMILES string of the molecule is O=C(CN1Cc2ccccc2C1=O)NC1CCN(Cc2ccccc2)CC1. The minimum Gasteiger partial charge on any atom is -0.352 e. The number of carbonyl (C=O) groups is 2. The zero-order valence-electron chi connectivity index (χ0n) is 15.4. The zero-order valence-corrected chi connectivity index (χ0v) is 15.4. The molecule has 1 N–H and O–H groups in total. The third kappa shape index (κ3) is 4.19. The molecule has 0 unspecified atom stereocenters. The molecule has 0 radical (unpaired) electrons. The smallest absolute Gasteiger partial charge is 0.254 e. The highest BCUT2D eigenvalue weighted by atomic mass is 16.2. The fourth-order valence-electron chi connectivity index (χ4n) is 3.97. The summed E-state index contributed by atoms with van der Waals surface area (Å²) in [7, 11) is 0. The van der Waals surface area contributed by atoms with Gasteiger partial charge in [-0.1, -0.05) is 48.5 Å². The third-order valence-corrected chi connectivity index (χ3v) is 5.43. The van der Waals surface area contributed by atoms with E-state index in [0.717, 1.165) is 43.6 Å². The predicted molar refractivity (Wildman–Crippen MR) is 104 cm³/mol. The van der Waals surface area contributed by atoms with E-state index in [-0.39, 0.29) is 24.4 Å². The quantitative estimate of drug-likeness (QED) is 0.888. The highest BCUT2D eigenvalue weighted by Crippen LogP contribution is 2.22. The number of benzene rings is 2. The molecule has 0 bridgehead atoms. The van der Waals surface area contributed by atoms with Gasteiger partial charge in [-0.05, 0) is 30.0 Å². The van der Waals surface area contributed by atoms with Gasteiger partial charge in [0.2, 0.25) is 5.91 Å². The number of hydrogen-bond acceptors (Lipinski definition) is 3. The van der Waals surface area contributed by atoms with Gasteiger partial charge < -0.3 is 10.2 Å². The van der Waals surface area contributed by atoms with E-state index in [0.29, 0.717) is 6.54 Å². The lowest BCUT2D eigenvalue weighted by Crippen LogP contribution is -2.47. The van der Waals surface area contributed by atoms with E-state index in [1.54, 1.807) is 4.90 Å². The van der Waals surface area contributed by atoms with Crippen molar-refractivity contribution in [3.8, 4) is 0 Å². The van der Waals surface area contributed by atoms with Crippen LogP contribution in [0.2, 0.25) is 0 Å². The van der Waals surface area contributed by atoms with Gasteiger partial charge in [0.1, 0.15) is 6.54 Å². The van der Waals surface area contributed by atoms with Crippen LogP contribution in [0.4, 0.5) is 0 Å². The van der Waals surface area contributed by atoms with Crippen molar-refractivity contribution in [2.24, 2.45) is 0 Å². The molecule has 5 heteroatoms. The van der Waals surface area contributed by atoms with Crippen molar-refractivity contribution < 1.29 is 9.59 Å². The van der Waals surface area contributed by atoms with Crippen molar-refractivity contribution in [1.29, 1.82) is 0 Å². The number of fused-ring (bicyclic) bond motifs is 1. The molecular weight excluding hydrogens is 338 g/mol. The van der Waals surface area contributed by atoms with E-state index in [9.17, 15) is 9.59 Å². The summed E-state index contributed by atoms with van der Waals surface area (Å²) in [4.78, 5) is 28.9. The van der Waals surface area contributed by atoms with Crippen LogP contribution in [0.5, 0.6) is 0 Å². The van der Waals surface area contributed by atoms with E-state index in [2.05, 4.69) is 34.5 Å². The Kier molecular flexibility index (Phi) is 5.21. The van der Waals surface area contributed by atoms with Crippen molar-refractivity contribution in [1.82, 2.24) is 15.1 Å². The molecule has 0 aromatic heterocycles. The predicted octanol–water partition coefficient (Wildman–Crippen LogP) is 2.42. The molecule has 1 fully saturated rings. The van der Waals surface area contributed by atoms with Crippen LogP contribution in [0.1, 0.15) is 34.3 Å². The van der Waals surface area contributed by atoms with Crippen molar-refractivity contribution in [2.45, 2.75) is 32.0 Å². The highest BCUT2D eigenvalue weighted by molar-refractivity contribution is 6.00. The fourth-order valence-corrected chi connectivity index (χ4v) is 3.97. The number of piperidine rings is 1.